The number of nitrogens with one attached hydrogen (secondary N) is 2. The van der Waals surface area contributed by atoms with E-state index < -0.39 is 0 Å². The van der Waals surface area contributed by atoms with Gasteiger partial charge in [-0.25, -0.2) is 4.98 Å². The van der Waals surface area contributed by atoms with Crippen LogP contribution in [-0.4, -0.2) is 50.2 Å². The molecule has 31 heavy (non-hydrogen) atoms. The number of hydrogen-bond donors (Lipinski definition) is 2. The minimum Gasteiger partial charge on any atom is -0.382 e. The summed E-state index contributed by atoms with van der Waals surface area (Å²) in [4.78, 5) is 20.9. The quantitative estimate of drug-likeness (QED) is 0.425. The second kappa shape index (κ2) is 7.20. The molecule has 4 heterocycles. The summed E-state index contributed by atoms with van der Waals surface area (Å²) in [6.07, 6.45) is 8.58. The number of piperidine rings is 1. The third-order valence-electron chi connectivity index (χ3n) is 6.75. The summed E-state index contributed by atoms with van der Waals surface area (Å²) in [6.45, 7) is 5.71. The predicted octanol–water partition coefficient (Wildman–Crippen LogP) is 3.99. The van der Waals surface area contributed by atoms with Gasteiger partial charge in [0.25, 0.3) is 0 Å². The van der Waals surface area contributed by atoms with Crippen molar-refractivity contribution < 1.29 is 0 Å². The molecule has 1 aliphatic heterocycles. The van der Waals surface area contributed by atoms with E-state index >= 15 is 0 Å². The Morgan fingerprint density at radius 1 is 1.13 bits per heavy atom. The lowest BCUT2D eigenvalue weighted by Gasteiger charge is -2.28. The van der Waals surface area contributed by atoms with Crippen LogP contribution in [0, 0.1) is 0 Å². The fraction of sp³-hybridized carbons (Fsp3) is 0.375. The number of fused-ring (bicyclic) bond motifs is 4. The molecule has 6 rings (SSSR count). The maximum atomic E-state index is 13.8. The molecular formula is C24H26N6O. The molecule has 1 fully saturated rings. The highest BCUT2D eigenvalue weighted by atomic mass is 16.1. The van der Waals surface area contributed by atoms with Crippen molar-refractivity contribution in [1.29, 1.82) is 0 Å². The zero-order valence-electron chi connectivity index (χ0n) is 17.7. The van der Waals surface area contributed by atoms with Gasteiger partial charge >= 0.3 is 0 Å². The number of nitrogens with zero attached hydrogens (tertiary/aromatic N) is 4. The maximum absolute atomic E-state index is 13.8. The molecule has 1 unspecified atom stereocenters. The zero-order valence-corrected chi connectivity index (χ0v) is 17.7. The minimum atomic E-state index is 0.0336. The van der Waals surface area contributed by atoms with E-state index in [1.54, 1.807) is 6.20 Å². The number of imidazole rings is 1. The number of rotatable bonds is 5. The Labute approximate surface area is 179 Å². The third-order valence-corrected chi connectivity index (χ3v) is 6.75. The zero-order chi connectivity index (χ0) is 20.9. The minimum absolute atomic E-state index is 0.0336. The van der Waals surface area contributed by atoms with Crippen molar-refractivity contribution in [3.05, 3.63) is 47.0 Å². The van der Waals surface area contributed by atoms with Crippen LogP contribution in [0.4, 0.5) is 5.69 Å². The van der Waals surface area contributed by atoms with E-state index in [1.165, 1.54) is 32.4 Å². The molecule has 0 aliphatic carbocycles. The van der Waals surface area contributed by atoms with Crippen LogP contribution in [0.15, 0.2) is 41.6 Å². The van der Waals surface area contributed by atoms with Crippen molar-refractivity contribution in [2.45, 2.75) is 38.6 Å². The molecule has 2 aromatic carbocycles. The first-order valence-corrected chi connectivity index (χ1v) is 11.2. The van der Waals surface area contributed by atoms with E-state index in [4.69, 9.17) is 0 Å². The van der Waals surface area contributed by atoms with Crippen LogP contribution in [0.5, 0.6) is 0 Å². The lowest BCUT2D eigenvalue weighted by Crippen LogP contribution is -2.33. The Balaban J connectivity index is 1.44. The predicted molar refractivity (Wildman–Crippen MR) is 125 cm³/mol. The van der Waals surface area contributed by atoms with Gasteiger partial charge in [-0.1, -0.05) is 6.42 Å². The lowest BCUT2D eigenvalue weighted by molar-refractivity contribution is 0.224. The monoisotopic (exact) mass is 414 g/mol. The van der Waals surface area contributed by atoms with Gasteiger partial charge in [-0.15, -0.1) is 0 Å². The normalized spacial score (nSPS) is 16.7. The van der Waals surface area contributed by atoms with Gasteiger partial charge in [0.1, 0.15) is 6.33 Å². The SMILES string of the molecule is CC(CCN1CCCCC1)Nc1ccc2ncn3c4ccc5[nH]ncc5c4c(=O)c1c23. The number of likely N-dealkylation sites (tertiary alicyclic amines) is 1. The van der Waals surface area contributed by atoms with Crippen LogP contribution in [0.25, 0.3) is 38.2 Å². The molecule has 0 amide bonds. The number of aromatic nitrogens is 4. The van der Waals surface area contributed by atoms with Crippen molar-refractivity contribution >= 4 is 43.9 Å². The fourth-order valence-electron chi connectivity index (χ4n) is 5.11. The van der Waals surface area contributed by atoms with Gasteiger partial charge in [0.15, 0.2) is 5.43 Å². The van der Waals surface area contributed by atoms with Crippen LogP contribution in [0.1, 0.15) is 32.6 Å². The molecule has 7 nitrogen and oxygen atoms in total. The van der Waals surface area contributed by atoms with E-state index in [1.807, 2.05) is 35.0 Å². The molecule has 7 heteroatoms. The standard InChI is InChI=1S/C24H26N6O/c1-15(9-12-29-10-3-2-4-11-29)27-18-5-6-19-23-22(18)24(31)21-16-13-26-28-17(16)7-8-20(21)30(23)14-25-19/h5-8,13-15,27H,2-4,9-12H2,1H3,(H,26,28). The molecule has 0 radical (unpaired) electrons. The van der Waals surface area contributed by atoms with E-state index in [9.17, 15) is 4.79 Å². The van der Waals surface area contributed by atoms with Crippen molar-refractivity contribution in [2.75, 3.05) is 25.0 Å². The highest BCUT2D eigenvalue weighted by Crippen LogP contribution is 2.31. The number of aromatic amines is 1. The molecule has 5 aromatic rings. The molecule has 1 saturated heterocycles. The van der Waals surface area contributed by atoms with Gasteiger partial charge in [0.05, 0.1) is 39.0 Å². The van der Waals surface area contributed by atoms with Crippen molar-refractivity contribution in [3.63, 3.8) is 0 Å². The summed E-state index contributed by atoms with van der Waals surface area (Å²) in [5, 5.41) is 13.0. The Morgan fingerprint density at radius 2 is 2.00 bits per heavy atom. The Bertz CT molecular complexity index is 1450. The number of benzene rings is 2. The Morgan fingerprint density at radius 3 is 2.87 bits per heavy atom. The van der Waals surface area contributed by atoms with Gasteiger partial charge in [-0.3, -0.25) is 14.3 Å². The summed E-state index contributed by atoms with van der Waals surface area (Å²) in [7, 11) is 0. The number of H-pyrrole nitrogens is 1. The highest BCUT2D eigenvalue weighted by molar-refractivity contribution is 6.13. The molecular weight excluding hydrogens is 388 g/mol. The van der Waals surface area contributed by atoms with E-state index in [2.05, 4.69) is 32.3 Å². The van der Waals surface area contributed by atoms with Gasteiger partial charge in [0.2, 0.25) is 0 Å². The van der Waals surface area contributed by atoms with E-state index in [0.717, 1.165) is 46.1 Å². The van der Waals surface area contributed by atoms with Crippen molar-refractivity contribution in [2.24, 2.45) is 0 Å². The first-order chi connectivity index (χ1) is 15.2. The lowest BCUT2D eigenvalue weighted by atomic mass is 10.0. The number of hydrogen-bond acceptors (Lipinski definition) is 5. The van der Waals surface area contributed by atoms with Gasteiger partial charge in [0, 0.05) is 23.7 Å². The van der Waals surface area contributed by atoms with Crippen LogP contribution >= 0.6 is 0 Å². The van der Waals surface area contributed by atoms with Crippen LogP contribution < -0.4 is 10.7 Å². The second-order valence-electron chi connectivity index (χ2n) is 8.83. The van der Waals surface area contributed by atoms with Crippen LogP contribution in [-0.2, 0) is 0 Å². The fourth-order valence-corrected chi connectivity index (χ4v) is 5.11. The summed E-state index contributed by atoms with van der Waals surface area (Å²) in [5.74, 6) is 0. The van der Waals surface area contributed by atoms with Gasteiger partial charge in [-0.05, 0) is 63.5 Å². The topological polar surface area (TPSA) is 78.3 Å². The van der Waals surface area contributed by atoms with E-state index in [0.29, 0.717) is 10.8 Å². The molecule has 2 N–H and O–H groups in total. The average Bonchev–Trinajstić information content (AvgIpc) is 3.44. The molecule has 1 atom stereocenters. The summed E-state index contributed by atoms with van der Waals surface area (Å²) >= 11 is 0. The highest BCUT2D eigenvalue weighted by Gasteiger charge is 2.19. The molecule has 1 aliphatic rings. The second-order valence-corrected chi connectivity index (χ2v) is 8.83. The maximum Gasteiger partial charge on any atom is 0.200 e. The molecule has 0 saturated carbocycles. The first kappa shape index (κ1) is 18.6. The van der Waals surface area contributed by atoms with Gasteiger partial charge in [-0.2, -0.15) is 5.10 Å². The molecule has 158 valence electrons. The number of pyridine rings is 1. The third kappa shape index (κ3) is 2.95. The summed E-state index contributed by atoms with van der Waals surface area (Å²) < 4.78 is 2.04. The Kier molecular flexibility index (Phi) is 4.31. The van der Waals surface area contributed by atoms with E-state index in [-0.39, 0.29) is 11.5 Å². The van der Waals surface area contributed by atoms with Gasteiger partial charge < -0.3 is 10.2 Å². The Hall–Kier alpha value is -3.19. The molecule has 0 spiro atoms. The largest absolute Gasteiger partial charge is 0.382 e. The molecule has 0 bridgehead atoms. The van der Waals surface area contributed by atoms with Crippen LogP contribution in [0.2, 0.25) is 0 Å². The summed E-state index contributed by atoms with van der Waals surface area (Å²) in [6, 6.07) is 8.22. The average molecular weight is 415 g/mol. The van der Waals surface area contributed by atoms with Crippen molar-refractivity contribution in [1.82, 2.24) is 24.5 Å². The summed E-state index contributed by atoms with van der Waals surface area (Å²) in [5.41, 5.74) is 4.38. The molecule has 3 aromatic heterocycles. The van der Waals surface area contributed by atoms with Crippen molar-refractivity contribution in [3.8, 4) is 0 Å². The smallest absolute Gasteiger partial charge is 0.200 e. The van der Waals surface area contributed by atoms with Crippen LogP contribution in [0.3, 0.4) is 0 Å². The number of anilines is 1. The first-order valence-electron chi connectivity index (χ1n) is 11.2.